The van der Waals surface area contributed by atoms with Gasteiger partial charge in [-0.25, -0.2) is 14.0 Å². The Morgan fingerprint density at radius 1 is 0.889 bits per heavy atom. The molecule has 1 fully saturated rings. The molecule has 27 heavy (non-hydrogen) atoms. The molecule has 0 saturated carbocycles. The van der Waals surface area contributed by atoms with E-state index in [9.17, 15) is 14.0 Å². The van der Waals surface area contributed by atoms with Gasteiger partial charge in [-0.2, -0.15) is 0 Å². The van der Waals surface area contributed by atoms with Crippen LogP contribution in [0.25, 0.3) is 0 Å². The molecule has 7 heteroatoms. The highest BCUT2D eigenvalue weighted by Crippen LogP contribution is 2.32. The predicted octanol–water partition coefficient (Wildman–Crippen LogP) is 3.92. The lowest BCUT2D eigenvalue weighted by Gasteiger charge is -2.39. The first-order chi connectivity index (χ1) is 13.0. The highest BCUT2D eigenvalue weighted by molar-refractivity contribution is 9.09. The van der Waals surface area contributed by atoms with Crippen molar-refractivity contribution in [3.05, 3.63) is 71.8 Å². The average Bonchev–Trinajstić information content (AvgIpc) is 2.69. The quantitative estimate of drug-likeness (QED) is 0.536. The molecule has 0 N–H and O–H groups in total. The molecule has 2 aromatic rings. The summed E-state index contributed by atoms with van der Waals surface area (Å²) in [5.74, 6) is -1.24. The molecule has 0 unspecified atom stereocenters. The van der Waals surface area contributed by atoms with Crippen LogP contribution in [-0.4, -0.2) is 41.4 Å². The Labute approximate surface area is 164 Å². The molecule has 5 atom stereocenters. The fourth-order valence-corrected chi connectivity index (χ4v) is 3.32. The zero-order valence-electron chi connectivity index (χ0n) is 14.5. The Kier molecular flexibility index (Phi) is 6.23. The van der Waals surface area contributed by atoms with E-state index in [1.807, 2.05) is 0 Å². The molecular weight excluding hydrogens is 419 g/mol. The Bertz CT molecular complexity index is 785. The number of rotatable bonds is 4. The number of carbonyl (C=O) groups excluding carboxylic acids is 2. The van der Waals surface area contributed by atoms with Crippen LogP contribution in [0.3, 0.4) is 0 Å². The minimum absolute atomic E-state index is 0.319. The minimum Gasteiger partial charge on any atom is -0.453 e. The first-order valence-corrected chi connectivity index (χ1v) is 9.34. The van der Waals surface area contributed by atoms with E-state index in [2.05, 4.69) is 15.9 Å². The molecule has 0 aromatic heterocycles. The van der Waals surface area contributed by atoms with Crippen molar-refractivity contribution in [2.75, 3.05) is 0 Å². The molecule has 1 aliphatic heterocycles. The summed E-state index contributed by atoms with van der Waals surface area (Å²) in [4.78, 5) is 23.9. The van der Waals surface area contributed by atoms with Crippen LogP contribution in [0.1, 0.15) is 27.6 Å². The van der Waals surface area contributed by atoms with Gasteiger partial charge in [0.25, 0.3) is 0 Å². The van der Waals surface area contributed by atoms with E-state index < -0.39 is 41.4 Å². The number of hydrogen-bond donors (Lipinski definition) is 0. The number of halogens is 2. The van der Waals surface area contributed by atoms with Crippen molar-refractivity contribution in [1.29, 1.82) is 0 Å². The van der Waals surface area contributed by atoms with E-state index >= 15 is 0 Å². The van der Waals surface area contributed by atoms with Gasteiger partial charge in [-0.15, -0.1) is 0 Å². The summed E-state index contributed by atoms with van der Waals surface area (Å²) in [7, 11) is 0. The van der Waals surface area contributed by atoms with Crippen LogP contribution >= 0.6 is 15.9 Å². The zero-order valence-corrected chi connectivity index (χ0v) is 16.0. The molecule has 5 nitrogen and oxygen atoms in total. The van der Waals surface area contributed by atoms with Crippen molar-refractivity contribution in [3.63, 3.8) is 0 Å². The van der Waals surface area contributed by atoms with Crippen LogP contribution in [0.2, 0.25) is 0 Å². The second-order valence-corrected chi connectivity index (χ2v) is 7.17. The third kappa shape index (κ3) is 4.54. The van der Waals surface area contributed by atoms with Crippen LogP contribution in [0.15, 0.2) is 60.7 Å². The lowest BCUT2D eigenvalue weighted by atomic mass is 10.0. The lowest BCUT2D eigenvalue weighted by Crippen LogP contribution is -2.56. The number of ether oxygens (including phenoxy) is 3. The maximum Gasteiger partial charge on any atom is 0.338 e. The molecule has 1 heterocycles. The van der Waals surface area contributed by atoms with E-state index in [4.69, 9.17) is 14.2 Å². The highest BCUT2D eigenvalue weighted by Gasteiger charge is 2.48. The highest BCUT2D eigenvalue weighted by atomic mass is 79.9. The summed E-state index contributed by atoms with van der Waals surface area (Å²) < 4.78 is 30.4. The van der Waals surface area contributed by atoms with Gasteiger partial charge in [-0.3, -0.25) is 0 Å². The molecule has 2 aromatic carbocycles. The maximum atomic E-state index is 14.2. The van der Waals surface area contributed by atoms with Gasteiger partial charge in [0.1, 0.15) is 4.83 Å². The molecule has 0 bridgehead atoms. The Morgan fingerprint density at radius 3 is 1.81 bits per heavy atom. The summed E-state index contributed by atoms with van der Waals surface area (Å²) >= 11 is 3.17. The molecule has 1 saturated heterocycles. The average molecular weight is 437 g/mol. The minimum atomic E-state index is -1.71. The van der Waals surface area contributed by atoms with Gasteiger partial charge in [0, 0.05) is 0 Å². The Hall–Kier alpha value is -2.25. The van der Waals surface area contributed by atoms with Crippen molar-refractivity contribution >= 4 is 27.9 Å². The first kappa shape index (κ1) is 19.5. The monoisotopic (exact) mass is 436 g/mol. The molecule has 142 valence electrons. The third-order valence-corrected chi connectivity index (χ3v) is 5.14. The third-order valence-electron chi connectivity index (χ3n) is 4.20. The van der Waals surface area contributed by atoms with Crippen LogP contribution in [0.4, 0.5) is 4.39 Å². The number of carbonyl (C=O) groups is 2. The molecule has 1 aliphatic rings. The smallest absolute Gasteiger partial charge is 0.338 e. The Balaban J connectivity index is 1.80. The number of esters is 2. The molecular formula is C20H18BrFO5. The van der Waals surface area contributed by atoms with Gasteiger partial charge in [0.05, 0.1) is 17.2 Å². The normalized spacial score (nSPS) is 27.6. The topological polar surface area (TPSA) is 61.8 Å². The SMILES string of the molecule is C[C@H]1O[C@H](F)[C@H](Br)[C@@H](OC(=O)c2ccccc2)[C@H]1OC(=O)c1ccccc1. The number of benzene rings is 2. The van der Waals surface area contributed by atoms with Gasteiger partial charge in [0.15, 0.2) is 12.2 Å². The Morgan fingerprint density at radius 2 is 1.33 bits per heavy atom. The molecule has 3 rings (SSSR count). The van der Waals surface area contributed by atoms with E-state index in [1.54, 1.807) is 67.6 Å². The van der Waals surface area contributed by atoms with Gasteiger partial charge in [0.2, 0.25) is 6.36 Å². The summed E-state index contributed by atoms with van der Waals surface area (Å²) in [5, 5.41) is 0. The van der Waals surface area contributed by atoms with Gasteiger partial charge >= 0.3 is 11.9 Å². The van der Waals surface area contributed by atoms with Crippen molar-refractivity contribution < 1.29 is 28.2 Å². The first-order valence-electron chi connectivity index (χ1n) is 8.43. The van der Waals surface area contributed by atoms with Crippen molar-refractivity contribution in [2.45, 2.75) is 36.4 Å². The zero-order chi connectivity index (χ0) is 19.4. The largest absolute Gasteiger partial charge is 0.453 e. The van der Waals surface area contributed by atoms with Gasteiger partial charge < -0.3 is 14.2 Å². The van der Waals surface area contributed by atoms with E-state index in [1.165, 1.54) is 0 Å². The fraction of sp³-hybridized carbons (Fsp3) is 0.300. The van der Waals surface area contributed by atoms with Crippen molar-refractivity contribution in [1.82, 2.24) is 0 Å². The van der Waals surface area contributed by atoms with E-state index in [0.29, 0.717) is 11.1 Å². The van der Waals surface area contributed by atoms with Crippen molar-refractivity contribution in [2.24, 2.45) is 0 Å². The summed E-state index contributed by atoms with van der Waals surface area (Å²) in [6.07, 6.45) is -4.53. The van der Waals surface area contributed by atoms with E-state index in [0.717, 1.165) is 0 Å². The predicted molar refractivity (Wildman–Crippen MR) is 99.4 cm³/mol. The lowest BCUT2D eigenvalue weighted by molar-refractivity contribution is -0.194. The fourth-order valence-electron chi connectivity index (χ4n) is 2.78. The number of hydrogen-bond acceptors (Lipinski definition) is 5. The van der Waals surface area contributed by atoms with Crippen molar-refractivity contribution in [3.8, 4) is 0 Å². The summed E-state index contributed by atoms with van der Waals surface area (Å²) in [5.41, 5.74) is 0.659. The molecule has 0 radical (unpaired) electrons. The molecule has 0 amide bonds. The van der Waals surface area contributed by atoms with Gasteiger partial charge in [-0.1, -0.05) is 52.3 Å². The summed E-state index contributed by atoms with van der Waals surface area (Å²) in [6.45, 7) is 1.57. The maximum absolute atomic E-state index is 14.2. The standard InChI is InChI=1S/C20H18BrFO5/c1-12-16(26-19(23)13-8-4-2-5-9-13)17(15(21)18(22)25-12)27-20(24)14-10-6-3-7-11-14/h2-12,15-18H,1H3/t12-,15-,16+,17-,18+/m1/s1. The van der Waals surface area contributed by atoms with Crippen LogP contribution in [-0.2, 0) is 14.2 Å². The molecule has 0 aliphatic carbocycles. The summed E-state index contributed by atoms with van der Waals surface area (Å²) in [6, 6.07) is 16.7. The van der Waals surface area contributed by atoms with E-state index in [-0.39, 0.29) is 0 Å². The number of alkyl halides is 2. The second-order valence-electron chi connectivity index (χ2n) is 6.11. The molecule has 0 spiro atoms. The van der Waals surface area contributed by atoms with Gasteiger partial charge in [-0.05, 0) is 31.2 Å². The second kappa shape index (κ2) is 8.63. The van der Waals surface area contributed by atoms with Crippen LogP contribution in [0, 0.1) is 0 Å². The van der Waals surface area contributed by atoms with Crippen LogP contribution < -0.4 is 0 Å². The van der Waals surface area contributed by atoms with Crippen LogP contribution in [0.5, 0.6) is 0 Å².